The normalized spacial score (nSPS) is 10.5. The number of carbonyl (C=O) groups is 1. The summed E-state index contributed by atoms with van der Waals surface area (Å²) in [6.07, 6.45) is 0. The zero-order valence-electron chi connectivity index (χ0n) is 11.9. The molecule has 0 aliphatic heterocycles. The summed E-state index contributed by atoms with van der Waals surface area (Å²) in [6.45, 7) is 0. The number of amides is 1. The fourth-order valence-electron chi connectivity index (χ4n) is 2.09. The number of nitrogens with one attached hydrogen (secondary N) is 1. The van der Waals surface area contributed by atoms with Crippen molar-refractivity contribution in [3.63, 3.8) is 0 Å². The lowest BCUT2D eigenvalue weighted by Crippen LogP contribution is -2.13. The quantitative estimate of drug-likeness (QED) is 0.660. The van der Waals surface area contributed by atoms with Gasteiger partial charge in [0.15, 0.2) is 0 Å². The highest BCUT2D eigenvalue weighted by atomic mass is 32.1. The van der Waals surface area contributed by atoms with Crippen molar-refractivity contribution < 1.29 is 13.6 Å². The summed E-state index contributed by atoms with van der Waals surface area (Å²) in [5.41, 5.74) is 11.5. The van der Waals surface area contributed by atoms with Gasteiger partial charge in [0.1, 0.15) is 33.2 Å². The van der Waals surface area contributed by atoms with Gasteiger partial charge in [0, 0.05) is 11.5 Å². The van der Waals surface area contributed by atoms with Crippen molar-refractivity contribution in [3.05, 3.63) is 46.3 Å². The first-order chi connectivity index (χ1) is 11.4. The van der Waals surface area contributed by atoms with E-state index in [1.54, 1.807) is 0 Å². The summed E-state index contributed by atoms with van der Waals surface area (Å²) in [5, 5.41) is 11.6. The third-order valence-corrected chi connectivity index (χ3v) is 4.37. The molecular formula is C15H9F2N5OS. The van der Waals surface area contributed by atoms with Crippen LogP contribution in [0.2, 0.25) is 0 Å². The fourth-order valence-corrected chi connectivity index (χ4v) is 3.06. The number of fused-ring (bicyclic) bond motifs is 1. The Morgan fingerprint density at radius 2 is 2.04 bits per heavy atom. The number of halogens is 2. The molecule has 24 heavy (non-hydrogen) atoms. The van der Waals surface area contributed by atoms with Crippen LogP contribution in [0, 0.1) is 23.0 Å². The van der Waals surface area contributed by atoms with Gasteiger partial charge in [0.25, 0.3) is 5.91 Å². The van der Waals surface area contributed by atoms with E-state index < -0.39 is 17.5 Å². The molecule has 2 heterocycles. The molecule has 0 bridgehead atoms. The van der Waals surface area contributed by atoms with Gasteiger partial charge < -0.3 is 16.8 Å². The Bertz CT molecular complexity index is 1020. The molecule has 5 N–H and O–H groups in total. The van der Waals surface area contributed by atoms with Crippen LogP contribution >= 0.6 is 11.3 Å². The van der Waals surface area contributed by atoms with Crippen molar-refractivity contribution >= 4 is 44.7 Å². The number of pyridine rings is 1. The van der Waals surface area contributed by atoms with Crippen molar-refractivity contribution in [3.8, 4) is 6.07 Å². The molecule has 0 atom stereocenters. The highest BCUT2D eigenvalue weighted by molar-refractivity contribution is 7.21. The maximum absolute atomic E-state index is 13.6. The summed E-state index contributed by atoms with van der Waals surface area (Å²) in [7, 11) is 0. The summed E-state index contributed by atoms with van der Waals surface area (Å²) in [4.78, 5) is 16.8. The van der Waals surface area contributed by atoms with Gasteiger partial charge in [-0.05, 0) is 18.2 Å². The summed E-state index contributed by atoms with van der Waals surface area (Å²) in [5.74, 6) is -2.16. The number of thiophene rings is 1. The Kier molecular flexibility index (Phi) is 3.75. The molecule has 120 valence electrons. The minimum atomic E-state index is -0.779. The van der Waals surface area contributed by atoms with E-state index in [0.717, 1.165) is 29.5 Å². The van der Waals surface area contributed by atoms with Crippen LogP contribution in [0.5, 0.6) is 0 Å². The third kappa shape index (κ3) is 2.59. The molecule has 0 saturated heterocycles. The van der Waals surface area contributed by atoms with Crippen LogP contribution < -0.4 is 16.8 Å². The van der Waals surface area contributed by atoms with E-state index in [2.05, 4.69) is 10.3 Å². The van der Waals surface area contributed by atoms with Gasteiger partial charge in [-0.1, -0.05) is 0 Å². The van der Waals surface area contributed by atoms with E-state index in [-0.39, 0.29) is 27.6 Å². The Labute approximate surface area is 138 Å². The zero-order chi connectivity index (χ0) is 17.4. The van der Waals surface area contributed by atoms with Gasteiger partial charge >= 0.3 is 0 Å². The summed E-state index contributed by atoms with van der Waals surface area (Å²) < 4.78 is 26.8. The SMILES string of the molecule is N#Cc1cc2c(N)c(C(=O)Nc3cc(F)ccc3F)sc2nc1N. The van der Waals surface area contributed by atoms with E-state index in [0.29, 0.717) is 10.2 Å². The first kappa shape index (κ1) is 15.6. The standard InChI is InChI=1S/C15H9F2N5OS/c16-7-1-2-9(17)10(4-7)21-14(23)12-11(19)8-3-6(5-18)13(20)22-15(8)24-12/h1-4H,19H2,(H2,20,22)(H,21,23). The van der Waals surface area contributed by atoms with E-state index in [9.17, 15) is 13.6 Å². The van der Waals surface area contributed by atoms with Crippen molar-refractivity contribution in [2.45, 2.75) is 0 Å². The number of nitrogen functional groups attached to an aromatic ring is 2. The molecule has 0 saturated carbocycles. The molecule has 1 aromatic carbocycles. The van der Waals surface area contributed by atoms with Gasteiger partial charge in [-0.2, -0.15) is 5.26 Å². The lowest BCUT2D eigenvalue weighted by molar-refractivity contribution is 0.103. The van der Waals surface area contributed by atoms with Crippen molar-refractivity contribution in [1.29, 1.82) is 5.26 Å². The number of nitrogens with two attached hydrogens (primary N) is 2. The van der Waals surface area contributed by atoms with Crippen LogP contribution in [0.3, 0.4) is 0 Å². The lowest BCUT2D eigenvalue weighted by atomic mass is 10.2. The van der Waals surface area contributed by atoms with Gasteiger partial charge in [0.2, 0.25) is 0 Å². The zero-order valence-corrected chi connectivity index (χ0v) is 12.7. The average molecular weight is 345 g/mol. The molecule has 0 unspecified atom stereocenters. The summed E-state index contributed by atoms with van der Waals surface area (Å²) in [6, 6.07) is 6.01. The number of nitriles is 1. The summed E-state index contributed by atoms with van der Waals surface area (Å²) >= 11 is 0.941. The van der Waals surface area contributed by atoms with Crippen LogP contribution in [-0.4, -0.2) is 10.9 Å². The van der Waals surface area contributed by atoms with Crippen LogP contribution in [-0.2, 0) is 0 Å². The Balaban J connectivity index is 2.03. The number of nitrogens with zero attached hydrogens (tertiary/aromatic N) is 2. The molecular weight excluding hydrogens is 336 g/mol. The molecule has 0 aliphatic carbocycles. The smallest absolute Gasteiger partial charge is 0.268 e. The number of anilines is 3. The average Bonchev–Trinajstić information content (AvgIpc) is 2.86. The minimum absolute atomic E-state index is 0.0226. The Morgan fingerprint density at radius 3 is 2.75 bits per heavy atom. The van der Waals surface area contributed by atoms with Gasteiger partial charge in [0.05, 0.1) is 16.9 Å². The van der Waals surface area contributed by atoms with Crippen molar-refractivity contribution in [2.75, 3.05) is 16.8 Å². The minimum Gasteiger partial charge on any atom is -0.397 e. The van der Waals surface area contributed by atoms with Crippen LogP contribution in [0.4, 0.5) is 26.0 Å². The number of rotatable bonds is 2. The van der Waals surface area contributed by atoms with E-state index in [4.69, 9.17) is 16.7 Å². The van der Waals surface area contributed by atoms with Crippen molar-refractivity contribution in [1.82, 2.24) is 4.98 Å². The number of aromatic nitrogens is 1. The topological polar surface area (TPSA) is 118 Å². The largest absolute Gasteiger partial charge is 0.397 e. The monoisotopic (exact) mass is 345 g/mol. The number of hydrogen-bond acceptors (Lipinski definition) is 6. The predicted molar refractivity (Wildman–Crippen MR) is 87.5 cm³/mol. The first-order valence-electron chi connectivity index (χ1n) is 6.55. The molecule has 0 aliphatic rings. The molecule has 2 aromatic heterocycles. The second-order valence-electron chi connectivity index (χ2n) is 4.81. The van der Waals surface area contributed by atoms with E-state index >= 15 is 0 Å². The molecule has 3 rings (SSSR count). The van der Waals surface area contributed by atoms with Gasteiger partial charge in [-0.25, -0.2) is 13.8 Å². The third-order valence-electron chi connectivity index (χ3n) is 3.25. The molecule has 0 radical (unpaired) electrons. The molecule has 0 spiro atoms. The van der Waals surface area contributed by atoms with E-state index in [1.165, 1.54) is 6.07 Å². The van der Waals surface area contributed by atoms with E-state index in [1.807, 2.05) is 6.07 Å². The maximum Gasteiger partial charge on any atom is 0.268 e. The van der Waals surface area contributed by atoms with Gasteiger partial charge in [-0.15, -0.1) is 11.3 Å². The van der Waals surface area contributed by atoms with Crippen LogP contribution in [0.1, 0.15) is 15.2 Å². The van der Waals surface area contributed by atoms with Crippen LogP contribution in [0.15, 0.2) is 24.3 Å². The second kappa shape index (κ2) is 5.75. The Hall–Kier alpha value is -3.25. The Morgan fingerprint density at radius 1 is 1.29 bits per heavy atom. The second-order valence-corrected chi connectivity index (χ2v) is 5.81. The highest BCUT2D eigenvalue weighted by Gasteiger charge is 2.20. The molecule has 6 nitrogen and oxygen atoms in total. The first-order valence-corrected chi connectivity index (χ1v) is 7.37. The molecule has 3 aromatic rings. The van der Waals surface area contributed by atoms with Gasteiger partial charge in [-0.3, -0.25) is 4.79 Å². The number of hydrogen-bond donors (Lipinski definition) is 3. The van der Waals surface area contributed by atoms with Crippen LogP contribution in [0.25, 0.3) is 10.2 Å². The number of carbonyl (C=O) groups excluding carboxylic acids is 1. The maximum atomic E-state index is 13.6. The lowest BCUT2D eigenvalue weighted by Gasteiger charge is -2.05. The molecule has 1 amide bonds. The molecule has 0 fully saturated rings. The number of benzene rings is 1. The molecule has 9 heteroatoms. The van der Waals surface area contributed by atoms with Crippen molar-refractivity contribution in [2.24, 2.45) is 0 Å². The highest BCUT2D eigenvalue weighted by Crippen LogP contribution is 2.34. The fraction of sp³-hybridized carbons (Fsp3) is 0. The predicted octanol–water partition coefficient (Wildman–Crippen LogP) is 2.86.